The lowest BCUT2D eigenvalue weighted by Gasteiger charge is -2.20. The number of likely N-dealkylation sites (N-methyl/N-ethyl adjacent to an activating group) is 1. The number of carbonyl (C=O) groups excluding carboxylic acids is 1. The van der Waals surface area contributed by atoms with Gasteiger partial charge in [0, 0.05) is 18.7 Å². The van der Waals surface area contributed by atoms with Crippen molar-refractivity contribution in [3.05, 3.63) is 42.0 Å². The molecule has 0 radical (unpaired) electrons. The lowest BCUT2D eigenvalue weighted by molar-refractivity contribution is -0.122. The number of amides is 1. The maximum absolute atomic E-state index is 11.9. The van der Waals surface area contributed by atoms with E-state index in [1.165, 1.54) is 0 Å². The summed E-state index contributed by atoms with van der Waals surface area (Å²) in [7, 11) is 1.63. The molecule has 0 aliphatic heterocycles. The van der Waals surface area contributed by atoms with Crippen LogP contribution in [-0.4, -0.2) is 37.6 Å². The zero-order valence-corrected chi connectivity index (χ0v) is 12.6. The Kier molecular flexibility index (Phi) is 6.81. The number of methoxy groups -OCH3 is 1. The van der Waals surface area contributed by atoms with Crippen LogP contribution in [-0.2, 0) is 11.3 Å². The standard InChI is InChI=1S/C16H24N2O2/c1-5-18(11-13(2)3)12-16(19)17-10-14-8-6-7-9-15(14)20-4/h6-9H,2,5,10-12H2,1,3-4H3,(H,17,19). The maximum Gasteiger partial charge on any atom is 0.234 e. The number of hydrogen-bond donors (Lipinski definition) is 1. The van der Waals surface area contributed by atoms with E-state index >= 15 is 0 Å². The molecular formula is C16H24N2O2. The zero-order valence-electron chi connectivity index (χ0n) is 12.6. The molecule has 0 atom stereocenters. The summed E-state index contributed by atoms with van der Waals surface area (Å²) >= 11 is 0. The van der Waals surface area contributed by atoms with E-state index in [2.05, 4.69) is 16.8 Å². The minimum Gasteiger partial charge on any atom is -0.496 e. The van der Waals surface area contributed by atoms with Gasteiger partial charge in [0.05, 0.1) is 13.7 Å². The van der Waals surface area contributed by atoms with Crippen LogP contribution >= 0.6 is 0 Å². The van der Waals surface area contributed by atoms with Gasteiger partial charge in [0.1, 0.15) is 5.75 Å². The van der Waals surface area contributed by atoms with Crippen LogP contribution in [0, 0.1) is 0 Å². The number of nitrogens with one attached hydrogen (secondary N) is 1. The second-order valence-electron chi connectivity index (χ2n) is 4.85. The topological polar surface area (TPSA) is 41.6 Å². The van der Waals surface area contributed by atoms with Crippen molar-refractivity contribution in [2.45, 2.75) is 20.4 Å². The first-order valence-corrected chi connectivity index (χ1v) is 6.82. The average Bonchev–Trinajstić information content (AvgIpc) is 2.44. The molecule has 4 nitrogen and oxygen atoms in total. The van der Waals surface area contributed by atoms with Crippen molar-refractivity contribution >= 4 is 5.91 Å². The normalized spacial score (nSPS) is 10.4. The molecule has 1 N–H and O–H groups in total. The van der Waals surface area contributed by atoms with Crippen molar-refractivity contribution in [3.63, 3.8) is 0 Å². The lowest BCUT2D eigenvalue weighted by Crippen LogP contribution is -2.37. The van der Waals surface area contributed by atoms with Gasteiger partial charge in [-0.15, -0.1) is 0 Å². The van der Waals surface area contributed by atoms with Crippen LogP contribution in [0.3, 0.4) is 0 Å². The Morgan fingerprint density at radius 2 is 2.05 bits per heavy atom. The van der Waals surface area contributed by atoms with Gasteiger partial charge in [-0.25, -0.2) is 0 Å². The van der Waals surface area contributed by atoms with Gasteiger partial charge >= 0.3 is 0 Å². The van der Waals surface area contributed by atoms with E-state index in [1.807, 2.05) is 38.1 Å². The van der Waals surface area contributed by atoms with Crippen molar-refractivity contribution in [2.24, 2.45) is 0 Å². The van der Waals surface area contributed by atoms with Gasteiger partial charge in [0.2, 0.25) is 5.91 Å². The largest absolute Gasteiger partial charge is 0.496 e. The van der Waals surface area contributed by atoms with E-state index in [9.17, 15) is 4.79 Å². The fourth-order valence-corrected chi connectivity index (χ4v) is 1.96. The molecule has 1 rings (SSSR count). The van der Waals surface area contributed by atoms with E-state index in [4.69, 9.17) is 4.74 Å². The number of carbonyl (C=O) groups is 1. The van der Waals surface area contributed by atoms with Gasteiger partial charge in [0.25, 0.3) is 0 Å². The van der Waals surface area contributed by atoms with Crippen LogP contribution in [0.4, 0.5) is 0 Å². The van der Waals surface area contributed by atoms with E-state index in [0.717, 1.165) is 30.0 Å². The second-order valence-corrected chi connectivity index (χ2v) is 4.85. The summed E-state index contributed by atoms with van der Waals surface area (Å²) in [5, 5.41) is 2.92. The molecule has 0 bridgehead atoms. The Morgan fingerprint density at radius 1 is 1.35 bits per heavy atom. The Hall–Kier alpha value is -1.81. The van der Waals surface area contributed by atoms with E-state index in [0.29, 0.717) is 13.1 Å². The summed E-state index contributed by atoms with van der Waals surface area (Å²) in [6.07, 6.45) is 0. The third kappa shape index (κ3) is 5.45. The molecule has 1 amide bonds. The Labute approximate surface area is 121 Å². The molecule has 0 aliphatic rings. The quantitative estimate of drug-likeness (QED) is 0.740. The molecule has 0 saturated heterocycles. The molecule has 0 spiro atoms. The smallest absolute Gasteiger partial charge is 0.234 e. The number of nitrogens with zero attached hydrogens (tertiary/aromatic N) is 1. The number of benzene rings is 1. The summed E-state index contributed by atoms with van der Waals surface area (Å²) in [4.78, 5) is 14.0. The fourth-order valence-electron chi connectivity index (χ4n) is 1.96. The number of ether oxygens (including phenoxy) is 1. The molecular weight excluding hydrogens is 252 g/mol. The molecule has 110 valence electrons. The minimum atomic E-state index is 0.0130. The van der Waals surface area contributed by atoms with Crippen LogP contribution in [0.1, 0.15) is 19.4 Å². The van der Waals surface area contributed by atoms with E-state index in [-0.39, 0.29) is 5.91 Å². The minimum absolute atomic E-state index is 0.0130. The van der Waals surface area contributed by atoms with Gasteiger partial charge in [0.15, 0.2) is 0 Å². The predicted molar refractivity (Wildman–Crippen MR) is 81.8 cm³/mol. The first-order valence-electron chi connectivity index (χ1n) is 6.82. The zero-order chi connectivity index (χ0) is 15.0. The maximum atomic E-state index is 11.9. The third-order valence-electron chi connectivity index (χ3n) is 2.98. The molecule has 0 aromatic heterocycles. The molecule has 0 aliphatic carbocycles. The van der Waals surface area contributed by atoms with E-state index in [1.54, 1.807) is 7.11 Å². The van der Waals surface area contributed by atoms with Crippen molar-refractivity contribution in [2.75, 3.05) is 26.7 Å². The first-order chi connectivity index (χ1) is 9.56. The number of hydrogen-bond acceptors (Lipinski definition) is 3. The predicted octanol–water partition coefficient (Wildman–Crippen LogP) is 2.21. The Morgan fingerprint density at radius 3 is 2.65 bits per heavy atom. The SMILES string of the molecule is C=C(C)CN(CC)CC(=O)NCc1ccccc1OC. The molecule has 0 heterocycles. The highest BCUT2D eigenvalue weighted by Gasteiger charge is 2.09. The summed E-state index contributed by atoms with van der Waals surface area (Å²) in [6.45, 7) is 10.3. The Balaban J connectivity index is 2.48. The van der Waals surface area contributed by atoms with Crippen molar-refractivity contribution in [1.82, 2.24) is 10.2 Å². The second kappa shape index (κ2) is 8.38. The fraction of sp³-hybridized carbons (Fsp3) is 0.438. The van der Waals surface area contributed by atoms with Gasteiger partial charge in [-0.1, -0.05) is 37.3 Å². The molecule has 0 unspecified atom stereocenters. The van der Waals surface area contributed by atoms with Gasteiger partial charge in [-0.3, -0.25) is 9.69 Å². The average molecular weight is 276 g/mol. The van der Waals surface area contributed by atoms with Crippen LogP contribution in [0.2, 0.25) is 0 Å². The van der Waals surface area contributed by atoms with Crippen molar-refractivity contribution < 1.29 is 9.53 Å². The lowest BCUT2D eigenvalue weighted by atomic mass is 10.2. The van der Waals surface area contributed by atoms with Crippen LogP contribution in [0.25, 0.3) is 0 Å². The van der Waals surface area contributed by atoms with E-state index < -0.39 is 0 Å². The van der Waals surface area contributed by atoms with Crippen molar-refractivity contribution in [1.29, 1.82) is 0 Å². The summed E-state index contributed by atoms with van der Waals surface area (Å²) in [5.74, 6) is 0.807. The van der Waals surface area contributed by atoms with Gasteiger partial charge in [-0.05, 0) is 19.5 Å². The summed E-state index contributed by atoms with van der Waals surface area (Å²) < 4.78 is 5.26. The summed E-state index contributed by atoms with van der Waals surface area (Å²) in [6, 6.07) is 7.69. The van der Waals surface area contributed by atoms with Gasteiger partial charge < -0.3 is 10.1 Å². The molecule has 0 saturated carbocycles. The number of para-hydroxylation sites is 1. The molecule has 4 heteroatoms. The first kappa shape index (κ1) is 16.2. The molecule has 1 aromatic carbocycles. The molecule has 20 heavy (non-hydrogen) atoms. The molecule has 1 aromatic rings. The summed E-state index contributed by atoms with van der Waals surface area (Å²) in [5.41, 5.74) is 2.04. The highest BCUT2D eigenvalue weighted by atomic mass is 16.5. The Bertz CT molecular complexity index is 458. The number of rotatable bonds is 8. The van der Waals surface area contributed by atoms with Crippen LogP contribution in [0.5, 0.6) is 5.75 Å². The van der Waals surface area contributed by atoms with Crippen molar-refractivity contribution in [3.8, 4) is 5.75 Å². The highest BCUT2D eigenvalue weighted by Crippen LogP contribution is 2.16. The molecule has 0 fully saturated rings. The highest BCUT2D eigenvalue weighted by molar-refractivity contribution is 5.78. The third-order valence-corrected chi connectivity index (χ3v) is 2.98. The van der Waals surface area contributed by atoms with Crippen LogP contribution < -0.4 is 10.1 Å². The van der Waals surface area contributed by atoms with Gasteiger partial charge in [-0.2, -0.15) is 0 Å². The van der Waals surface area contributed by atoms with Crippen LogP contribution in [0.15, 0.2) is 36.4 Å². The monoisotopic (exact) mass is 276 g/mol.